The number of rotatable bonds is 20. The van der Waals surface area contributed by atoms with Crippen molar-refractivity contribution in [1.82, 2.24) is 4.90 Å². The number of aromatic hydroxyl groups is 1. The predicted molar refractivity (Wildman–Crippen MR) is 131 cm³/mol. The molecule has 1 aromatic rings. The van der Waals surface area contributed by atoms with Crippen molar-refractivity contribution in [3.63, 3.8) is 0 Å². The van der Waals surface area contributed by atoms with Crippen LogP contribution < -0.4 is 0 Å². The Hall–Kier alpha value is -1.55. The summed E-state index contributed by atoms with van der Waals surface area (Å²) < 4.78 is 5.38. The first-order chi connectivity index (χ1) is 15.2. The number of nitrogens with zero attached hydrogens (tertiary/aromatic N) is 1. The van der Waals surface area contributed by atoms with Gasteiger partial charge in [-0.25, -0.2) is 4.79 Å². The van der Waals surface area contributed by atoms with Gasteiger partial charge in [0.05, 0.1) is 12.2 Å². The SMILES string of the molecule is CCCCCCCCN(CCCCCCCC)CCCCOC(=O)c1ccc(O)cc1. The van der Waals surface area contributed by atoms with E-state index >= 15 is 0 Å². The first-order valence-corrected chi connectivity index (χ1v) is 12.9. The second-order valence-corrected chi connectivity index (χ2v) is 8.77. The van der Waals surface area contributed by atoms with Gasteiger partial charge in [-0.3, -0.25) is 0 Å². The fourth-order valence-corrected chi connectivity index (χ4v) is 3.85. The lowest BCUT2D eigenvalue weighted by molar-refractivity contribution is 0.0495. The van der Waals surface area contributed by atoms with Gasteiger partial charge in [-0.05, 0) is 69.6 Å². The van der Waals surface area contributed by atoms with E-state index in [1.165, 1.54) is 102 Å². The molecule has 0 spiro atoms. The van der Waals surface area contributed by atoms with Crippen molar-refractivity contribution in [2.24, 2.45) is 0 Å². The summed E-state index contributed by atoms with van der Waals surface area (Å²) in [6.07, 6.45) is 18.1. The van der Waals surface area contributed by atoms with Crippen molar-refractivity contribution in [3.8, 4) is 5.75 Å². The number of benzene rings is 1. The molecular weight excluding hydrogens is 386 g/mol. The summed E-state index contributed by atoms with van der Waals surface area (Å²) in [6, 6.07) is 6.22. The highest BCUT2D eigenvalue weighted by Gasteiger charge is 2.08. The number of unbranched alkanes of at least 4 members (excludes halogenated alkanes) is 11. The van der Waals surface area contributed by atoms with E-state index in [2.05, 4.69) is 18.7 Å². The zero-order chi connectivity index (χ0) is 22.6. The molecule has 0 atom stereocenters. The van der Waals surface area contributed by atoms with Gasteiger partial charge in [0, 0.05) is 0 Å². The number of esters is 1. The first-order valence-electron chi connectivity index (χ1n) is 12.9. The smallest absolute Gasteiger partial charge is 0.338 e. The van der Waals surface area contributed by atoms with E-state index in [1.54, 1.807) is 12.1 Å². The second kappa shape index (κ2) is 19.2. The molecule has 1 aromatic carbocycles. The lowest BCUT2D eigenvalue weighted by atomic mass is 10.1. The number of phenolic OH excluding ortho intramolecular Hbond substituents is 1. The molecule has 0 saturated heterocycles. The Morgan fingerprint density at radius 2 is 1.16 bits per heavy atom. The van der Waals surface area contributed by atoms with Crippen LogP contribution in [0.1, 0.15) is 114 Å². The minimum Gasteiger partial charge on any atom is -0.508 e. The van der Waals surface area contributed by atoms with Gasteiger partial charge >= 0.3 is 5.97 Å². The number of ether oxygens (including phenoxy) is 1. The third kappa shape index (κ3) is 15.0. The van der Waals surface area contributed by atoms with Crippen LogP contribution in [0.2, 0.25) is 0 Å². The van der Waals surface area contributed by atoms with E-state index in [1.807, 2.05) is 0 Å². The topological polar surface area (TPSA) is 49.8 Å². The van der Waals surface area contributed by atoms with Crippen molar-refractivity contribution >= 4 is 5.97 Å². The molecule has 0 aliphatic carbocycles. The summed E-state index contributed by atoms with van der Waals surface area (Å²) in [5.41, 5.74) is 0.491. The Balaban J connectivity index is 2.22. The Morgan fingerprint density at radius 3 is 1.68 bits per heavy atom. The molecule has 178 valence electrons. The van der Waals surface area contributed by atoms with E-state index in [4.69, 9.17) is 4.74 Å². The summed E-state index contributed by atoms with van der Waals surface area (Å²) in [4.78, 5) is 14.7. The molecule has 0 aliphatic rings. The predicted octanol–water partition coefficient (Wildman–Crippen LogP) is 7.35. The molecule has 0 amide bonds. The third-order valence-electron chi connectivity index (χ3n) is 5.86. The molecule has 0 fully saturated rings. The molecule has 0 heterocycles. The maximum Gasteiger partial charge on any atom is 0.338 e. The lowest BCUT2D eigenvalue weighted by Gasteiger charge is -2.22. The molecule has 0 aromatic heterocycles. The monoisotopic (exact) mass is 433 g/mol. The molecule has 0 aliphatic heterocycles. The van der Waals surface area contributed by atoms with Crippen LogP contribution in [0.5, 0.6) is 5.75 Å². The van der Waals surface area contributed by atoms with Gasteiger partial charge in [-0.2, -0.15) is 0 Å². The number of hydrogen-bond acceptors (Lipinski definition) is 4. The van der Waals surface area contributed by atoms with Crippen LogP contribution in [0, 0.1) is 0 Å². The summed E-state index contributed by atoms with van der Waals surface area (Å²) in [5, 5.41) is 9.31. The summed E-state index contributed by atoms with van der Waals surface area (Å²) >= 11 is 0. The van der Waals surface area contributed by atoms with Gasteiger partial charge in [-0.15, -0.1) is 0 Å². The molecule has 0 unspecified atom stereocenters. The Bertz CT molecular complexity index is 528. The minimum absolute atomic E-state index is 0.160. The van der Waals surface area contributed by atoms with E-state index in [9.17, 15) is 9.90 Å². The van der Waals surface area contributed by atoms with Crippen LogP contribution in [-0.2, 0) is 4.74 Å². The average molecular weight is 434 g/mol. The van der Waals surface area contributed by atoms with Crippen molar-refractivity contribution in [2.45, 2.75) is 104 Å². The summed E-state index contributed by atoms with van der Waals surface area (Å²) in [7, 11) is 0. The van der Waals surface area contributed by atoms with Crippen LogP contribution in [0.4, 0.5) is 0 Å². The Labute approximate surface area is 191 Å². The van der Waals surface area contributed by atoms with E-state index in [-0.39, 0.29) is 11.7 Å². The standard InChI is InChI=1S/C27H47NO3/c1-3-5-7-9-11-13-21-28(22-14-12-10-8-6-4-2)23-15-16-24-31-27(30)25-17-19-26(29)20-18-25/h17-20,29H,3-16,21-24H2,1-2H3. The van der Waals surface area contributed by atoms with Crippen LogP contribution >= 0.6 is 0 Å². The average Bonchev–Trinajstić information content (AvgIpc) is 2.78. The number of carbonyl (C=O) groups is 1. The van der Waals surface area contributed by atoms with Crippen LogP contribution in [-0.4, -0.2) is 42.2 Å². The normalized spacial score (nSPS) is 11.2. The van der Waals surface area contributed by atoms with Gasteiger partial charge in [0.2, 0.25) is 0 Å². The van der Waals surface area contributed by atoms with Crippen molar-refractivity contribution in [3.05, 3.63) is 29.8 Å². The number of carbonyl (C=O) groups excluding carboxylic acids is 1. The second-order valence-electron chi connectivity index (χ2n) is 8.77. The van der Waals surface area contributed by atoms with Gasteiger partial charge < -0.3 is 14.7 Å². The molecule has 0 saturated carbocycles. The number of hydrogen-bond donors (Lipinski definition) is 1. The highest BCUT2D eigenvalue weighted by Crippen LogP contribution is 2.12. The van der Waals surface area contributed by atoms with Gasteiger partial charge in [0.1, 0.15) is 5.75 Å². The minimum atomic E-state index is -0.309. The Kier molecular flexibility index (Phi) is 17.0. The molecule has 4 nitrogen and oxygen atoms in total. The van der Waals surface area contributed by atoms with Crippen LogP contribution in [0.3, 0.4) is 0 Å². The largest absolute Gasteiger partial charge is 0.508 e. The van der Waals surface area contributed by atoms with E-state index in [0.29, 0.717) is 12.2 Å². The molecule has 0 radical (unpaired) electrons. The molecule has 0 bridgehead atoms. The van der Waals surface area contributed by atoms with Crippen LogP contribution in [0.25, 0.3) is 0 Å². The summed E-state index contributed by atoms with van der Waals surface area (Å²) in [6.45, 7) is 8.50. The quantitative estimate of drug-likeness (QED) is 0.172. The summed E-state index contributed by atoms with van der Waals surface area (Å²) in [5.74, 6) is -0.150. The lowest BCUT2D eigenvalue weighted by Crippen LogP contribution is -2.27. The molecule has 1 N–H and O–H groups in total. The molecule has 1 rings (SSSR count). The van der Waals surface area contributed by atoms with Crippen molar-refractivity contribution < 1.29 is 14.6 Å². The van der Waals surface area contributed by atoms with Gasteiger partial charge in [0.15, 0.2) is 0 Å². The highest BCUT2D eigenvalue weighted by atomic mass is 16.5. The first kappa shape index (κ1) is 27.5. The fourth-order valence-electron chi connectivity index (χ4n) is 3.85. The maximum absolute atomic E-state index is 12.0. The zero-order valence-corrected chi connectivity index (χ0v) is 20.2. The highest BCUT2D eigenvalue weighted by molar-refractivity contribution is 5.89. The fraction of sp³-hybridized carbons (Fsp3) is 0.741. The van der Waals surface area contributed by atoms with Gasteiger partial charge in [-0.1, -0.05) is 78.1 Å². The molecular formula is C27H47NO3. The number of phenols is 1. The van der Waals surface area contributed by atoms with Crippen molar-refractivity contribution in [2.75, 3.05) is 26.2 Å². The molecule has 31 heavy (non-hydrogen) atoms. The van der Waals surface area contributed by atoms with E-state index < -0.39 is 0 Å². The van der Waals surface area contributed by atoms with Gasteiger partial charge in [0.25, 0.3) is 0 Å². The Morgan fingerprint density at radius 1 is 0.710 bits per heavy atom. The molecule has 4 heteroatoms. The van der Waals surface area contributed by atoms with E-state index in [0.717, 1.165) is 19.4 Å². The van der Waals surface area contributed by atoms with Crippen molar-refractivity contribution in [1.29, 1.82) is 0 Å². The van der Waals surface area contributed by atoms with Crippen LogP contribution in [0.15, 0.2) is 24.3 Å². The maximum atomic E-state index is 12.0. The zero-order valence-electron chi connectivity index (χ0n) is 20.2. The third-order valence-corrected chi connectivity index (χ3v) is 5.86.